The van der Waals surface area contributed by atoms with Gasteiger partial charge in [0.15, 0.2) is 5.96 Å². The van der Waals surface area contributed by atoms with Gasteiger partial charge < -0.3 is 15.0 Å². The average Bonchev–Trinajstić information content (AvgIpc) is 3.00. The molecule has 1 saturated carbocycles. The molecule has 0 aromatic carbocycles. The molecule has 0 atom stereocenters. The van der Waals surface area contributed by atoms with Gasteiger partial charge in [-0.05, 0) is 31.6 Å². The van der Waals surface area contributed by atoms with E-state index < -0.39 is 0 Å². The molecule has 1 aliphatic carbocycles. The first-order valence-corrected chi connectivity index (χ1v) is 7.32. The molecule has 1 heterocycles. The van der Waals surface area contributed by atoms with Crippen molar-refractivity contribution in [3.8, 4) is 0 Å². The molecule has 2 aliphatic rings. The maximum absolute atomic E-state index is 5.07. The predicted molar refractivity (Wildman–Crippen MR) is 74.9 cm³/mol. The van der Waals surface area contributed by atoms with Gasteiger partial charge in [-0.1, -0.05) is 12.8 Å². The molecule has 1 N–H and O–H groups in total. The number of methoxy groups -OCH3 is 1. The zero-order valence-corrected chi connectivity index (χ0v) is 11.9. The molecule has 1 saturated heterocycles. The second-order valence-corrected chi connectivity index (χ2v) is 5.61. The Labute approximate surface area is 111 Å². The van der Waals surface area contributed by atoms with Crippen LogP contribution in [0.1, 0.15) is 39.0 Å². The monoisotopic (exact) mass is 253 g/mol. The summed E-state index contributed by atoms with van der Waals surface area (Å²) in [6, 6.07) is 0. The summed E-state index contributed by atoms with van der Waals surface area (Å²) >= 11 is 0. The van der Waals surface area contributed by atoms with Gasteiger partial charge in [0.25, 0.3) is 0 Å². The van der Waals surface area contributed by atoms with Gasteiger partial charge in [-0.25, -0.2) is 0 Å². The number of ether oxygens (including phenoxy) is 1. The van der Waals surface area contributed by atoms with Crippen molar-refractivity contribution in [2.45, 2.75) is 39.0 Å². The van der Waals surface area contributed by atoms with Gasteiger partial charge in [0, 0.05) is 26.7 Å². The van der Waals surface area contributed by atoms with E-state index in [1.165, 1.54) is 45.2 Å². The molecule has 18 heavy (non-hydrogen) atoms. The van der Waals surface area contributed by atoms with Crippen molar-refractivity contribution in [2.24, 2.45) is 10.4 Å². The number of nitrogens with one attached hydrogen (secondary N) is 1. The zero-order chi connectivity index (χ0) is 12.8. The molecule has 0 aromatic rings. The molecule has 0 amide bonds. The van der Waals surface area contributed by atoms with E-state index in [0.717, 1.165) is 19.0 Å². The Hall–Kier alpha value is -0.770. The van der Waals surface area contributed by atoms with Crippen molar-refractivity contribution in [1.29, 1.82) is 0 Å². The lowest BCUT2D eigenvalue weighted by Gasteiger charge is -2.25. The fourth-order valence-corrected chi connectivity index (χ4v) is 3.32. The van der Waals surface area contributed by atoms with E-state index in [4.69, 9.17) is 4.74 Å². The largest absolute Gasteiger partial charge is 0.383 e. The first kappa shape index (κ1) is 13.7. The molecule has 104 valence electrons. The Bertz CT molecular complexity index is 285. The minimum atomic E-state index is 0.609. The minimum absolute atomic E-state index is 0.609. The van der Waals surface area contributed by atoms with Gasteiger partial charge >= 0.3 is 0 Å². The van der Waals surface area contributed by atoms with Gasteiger partial charge in [-0.15, -0.1) is 0 Å². The van der Waals surface area contributed by atoms with E-state index in [2.05, 4.69) is 22.1 Å². The third kappa shape index (κ3) is 3.16. The van der Waals surface area contributed by atoms with Crippen molar-refractivity contribution < 1.29 is 4.74 Å². The van der Waals surface area contributed by atoms with Crippen LogP contribution in [0.4, 0.5) is 0 Å². The average molecular weight is 253 g/mol. The number of likely N-dealkylation sites (tertiary alicyclic amines) is 1. The lowest BCUT2D eigenvalue weighted by atomic mass is 9.86. The molecule has 2 fully saturated rings. The number of nitrogens with zero attached hydrogens (tertiary/aromatic N) is 2. The quantitative estimate of drug-likeness (QED) is 0.472. The first-order chi connectivity index (χ1) is 8.79. The lowest BCUT2D eigenvalue weighted by molar-refractivity contribution is 0.207. The van der Waals surface area contributed by atoms with Crippen LogP contribution in [-0.4, -0.2) is 50.8 Å². The van der Waals surface area contributed by atoms with Crippen LogP contribution in [0.2, 0.25) is 0 Å². The Balaban J connectivity index is 1.92. The maximum atomic E-state index is 5.07. The van der Waals surface area contributed by atoms with Crippen LogP contribution in [0.15, 0.2) is 4.99 Å². The van der Waals surface area contributed by atoms with Gasteiger partial charge in [0.1, 0.15) is 0 Å². The van der Waals surface area contributed by atoms with E-state index in [1.807, 2.05) is 0 Å². The molecule has 1 spiro atoms. The molecular weight excluding hydrogens is 226 g/mol. The highest BCUT2D eigenvalue weighted by atomic mass is 16.5. The highest BCUT2D eigenvalue weighted by molar-refractivity contribution is 5.80. The molecule has 0 radical (unpaired) electrons. The molecule has 1 aliphatic heterocycles. The van der Waals surface area contributed by atoms with Crippen molar-refractivity contribution in [3.63, 3.8) is 0 Å². The molecule has 4 nitrogen and oxygen atoms in total. The third-order valence-corrected chi connectivity index (χ3v) is 4.29. The lowest BCUT2D eigenvalue weighted by Crippen LogP contribution is -2.41. The van der Waals surface area contributed by atoms with Crippen LogP contribution in [-0.2, 0) is 4.74 Å². The summed E-state index contributed by atoms with van der Waals surface area (Å²) in [4.78, 5) is 7.10. The number of guanidine groups is 1. The van der Waals surface area contributed by atoms with Gasteiger partial charge in [0.2, 0.25) is 0 Å². The summed E-state index contributed by atoms with van der Waals surface area (Å²) in [7, 11) is 1.73. The molecule has 0 bridgehead atoms. The van der Waals surface area contributed by atoms with Crippen LogP contribution in [0.5, 0.6) is 0 Å². The summed E-state index contributed by atoms with van der Waals surface area (Å²) < 4.78 is 5.07. The predicted octanol–water partition coefficient (Wildman–Crippen LogP) is 1.86. The minimum Gasteiger partial charge on any atom is -0.383 e. The summed E-state index contributed by atoms with van der Waals surface area (Å²) in [5.74, 6) is 1.08. The standard InChI is InChI=1S/C14H27N3O/c1-3-15-13(16-9-11-18-2)17-10-8-14(12-17)6-4-5-7-14/h3-12H2,1-2H3,(H,15,16). The van der Waals surface area contributed by atoms with Gasteiger partial charge in [-0.3, -0.25) is 4.99 Å². The van der Waals surface area contributed by atoms with Crippen LogP contribution < -0.4 is 5.32 Å². The topological polar surface area (TPSA) is 36.9 Å². The van der Waals surface area contributed by atoms with Crippen LogP contribution in [0.3, 0.4) is 0 Å². The van der Waals surface area contributed by atoms with E-state index in [0.29, 0.717) is 12.0 Å². The Morgan fingerprint density at radius 1 is 1.33 bits per heavy atom. The SMILES string of the molecule is CCNC(=NCCOC)N1CCC2(CCCC2)C1. The second kappa shape index (κ2) is 6.41. The van der Waals surface area contributed by atoms with Crippen molar-refractivity contribution >= 4 is 5.96 Å². The van der Waals surface area contributed by atoms with Crippen molar-refractivity contribution in [3.05, 3.63) is 0 Å². The van der Waals surface area contributed by atoms with E-state index in [1.54, 1.807) is 7.11 Å². The van der Waals surface area contributed by atoms with Crippen molar-refractivity contribution in [2.75, 3.05) is 39.9 Å². The van der Waals surface area contributed by atoms with Gasteiger partial charge in [-0.2, -0.15) is 0 Å². The number of rotatable bonds is 4. The van der Waals surface area contributed by atoms with E-state index in [9.17, 15) is 0 Å². The molecular formula is C14H27N3O. The fourth-order valence-electron chi connectivity index (χ4n) is 3.32. The smallest absolute Gasteiger partial charge is 0.194 e. The Kier molecular flexibility index (Phi) is 4.87. The number of hydrogen-bond acceptors (Lipinski definition) is 2. The summed E-state index contributed by atoms with van der Waals surface area (Å²) in [5, 5.41) is 3.41. The van der Waals surface area contributed by atoms with Crippen molar-refractivity contribution in [1.82, 2.24) is 10.2 Å². The maximum Gasteiger partial charge on any atom is 0.194 e. The Morgan fingerprint density at radius 2 is 2.11 bits per heavy atom. The summed E-state index contributed by atoms with van der Waals surface area (Å²) in [5.41, 5.74) is 0.609. The summed E-state index contributed by atoms with van der Waals surface area (Å²) in [6.45, 7) is 6.89. The highest BCUT2D eigenvalue weighted by Gasteiger charge is 2.40. The van der Waals surface area contributed by atoms with Crippen LogP contribution in [0.25, 0.3) is 0 Å². The molecule has 4 heteroatoms. The highest BCUT2D eigenvalue weighted by Crippen LogP contribution is 2.45. The summed E-state index contributed by atoms with van der Waals surface area (Å²) in [6.07, 6.45) is 7.03. The van der Waals surface area contributed by atoms with E-state index >= 15 is 0 Å². The molecule has 2 rings (SSSR count). The molecule has 0 unspecified atom stereocenters. The van der Waals surface area contributed by atoms with Crippen LogP contribution in [0, 0.1) is 5.41 Å². The number of hydrogen-bond donors (Lipinski definition) is 1. The third-order valence-electron chi connectivity index (χ3n) is 4.29. The zero-order valence-electron chi connectivity index (χ0n) is 11.9. The van der Waals surface area contributed by atoms with Crippen LogP contribution >= 0.6 is 0 Å². The Morgan fingerprint density at radius 3 is 2.78 bits per heavy atom. The first-order valence-electron chi connectivity index (χ1n) is 7.32. The molecule has 0 aromatic heterocycles. The normalized spacial score (nSPS) is 23.0. The van der Waals surface area contributed by atoms with Gasteiger partial charge in [0.05, 0.1) is 13.2 Å². The van der Waals surface area contributed by atoms with E-state index in [-0.39, 0.29) is 0 Å². The fraction of sp³-hybridized carbons (Fsp3) is 0.929. The number of aliphatic imine (C=N–C) groups is 1. The second-order valence-electron chi connectivity index (χ2n) is 5.61.